The van der Waals surface area contributed by atoms with Crippen LogP contribution in [0.25, 0.3) is 10.8 Å². The Labute approximate surface area is 169 Å². The van der Waals surface area contributed by atoms with E-state index in [1.54, 1.807) is 30.3 Å². The van der Waals surface area contributed by atoms with Gasteiger partial charge in [-0.2, -0.15) is 0 Å². The fraction of sp³-hybridized carbons (Fsp3) is 0.238. The van der Waals surface area contributed by atoms with Crippen molar-refractivity contribution in [3.05, 3.63) is 62.4 Å². The Bertz CT molecular complexity index is 1120. The first-order valence-corrected chi connectivity index (χ1v) is 9.79. The maximum atomic E-state index is 12.0. The second-order valence-corrected chi connectivity index (χ2v) is 7.85. The molecule has 0 aliphatic heterocycles. The number of H-pyrrole nitrogens is 1. The molecule has 144 valence electrons. The van der Waals surface area contributed by atoms with E-state index in [9.17, 15) is 15.0 Å². The molecule has 1 aromatic heterocycles. The highest BCUT2D eigenvalue weighted by Gasteiger charge is 2.22. The molecule has 3 N–H and O–H groups in total. The van der Waals surface area contributed by atoms with E-state index < -0.39 is 0 Å². The minimum absolute atomic E-state index is 0.0922. The van der Waals surface area contributed by atoms with Gasteiger partial charge in [0.15, 0.2) is 11.5 Å². The van der Waals surface area contributed by atoms with Gasteiger partial charge in [-0.25, -0.2) is 0 Å². The lowest BCUT2D eigenvalue weighted by Gasteiger charge is -2.08. The third-order valence-electron chi connectivity index (χ3n) is 4.69. The molecular weight excluding hydrogens is 424 g/mol. The first kappa shape index (κ1) is 18.6. The number of nitrogens with one attached hydrogen (secondary N) is 1. The second kappa shape index (κ2) is 7.67. The normalized spacial score (nSPS) is 14.0. The molecule has 1 aliphatic rings. The molecule has 0 radical (unpaired) electrons. The first-order valence-electron chi connectivity index (χ1n) is 9.00. The van der Waals surface area contributed by atoms with Gasteiger partial charge >= 0.3 is 0 Å². The van der Waals surface area contributed by atoms with E-state index in [0.717, 1.165) is 10.0 Å². The first-order chi connectivity index (χ1) is 13.5. The summed E-state index contributed by atoms with van der Waals surface area (Å²) in [6.07, 6.45) is 3.90. The van der Waals surface area contributed by atoms with Crippen molar-refractivity contribution >= 4 is 32.9 Å². The van der Waals surface area contributed by atoms with E-state index in [1.807, 2.05) is 6.07 Å². The lowest BCUT2D eigenvalue weighted by atomic mass is 10.1. The summed E-state index contributed by atoms with van der Waals surface area (Å²) >= 11 is 3.38. The molecule has 0 amide bonds. The summed E-state index contributed by atoms with van der Waals surface area (Å²) < 4.78 is 6.41. The number of rotatable bonds is 6. The topological polar surface area (TPSA) is 94.9 Å². The van der Waals surface area contributed by atoms with Crippen LogP contribution in [0.4, 0.5) is 0 Å². The van der Waals surface area contributed by atoms with Gasteiger partial charge in [-0.1, -0.05) is 22.0 Å². The van der Waals surface area contributed by atoms with Crippen LogP contribution in [-0.2, 0) is 6.54 Å². The van der Waals surface area contributed by atoms with Crippen molar-refractivity contribution in [3.63, 3.8) is 0 Å². The lowest BCUT2D eigenvalue weighted by Crippen LogP contribution is -2.08. The molecule has 28 heavy (non-hydrogen) atoms. The van der Waals surface area contributed by atoms with Crippen molar-refractivity contribution in [2.24, 2.45) is 10.9 Å². The Morgan fingerprint density at radius 1 is 1.18 bits per heavy atom. The fourth-order valence-electron chi connectivity index (χ4n) is 2.96. The van der Waals surface area contributed by atoms with Crippen molar-refractivity contribution in [3.8, 4) is 17.4 Å². The van der Waals surface area contributed by atoms with Gasteiger partial charge in [0.05, 0.1) is 18.7 Å². The number of pyridine rings is 1. The largest absolute Gasteiger partial charge is 0.504 e. The van der Waals surface area contributed by atoms with Crippen LogP contribution < -0.4 is 10.3 Å². The summed E-state index contributed by atoms with van der Waals surface area (Å²) in [6.45, 7) is 0.948. The number of benzene rings is 2. The summed E-state index contributed by atoms with van der Waals surface area (Å²) in [6, 6.07) is 10.4. The zero-order valence-electron chi connectivity index (χ0n) is 15.0. The molecule has 3 aromatic rings. The van der Waals surface area contributed by atoms with Crippen molar-refractivity contribution in [1.82, 2.24) is 4.98 Å². The monoisotopic (exact) mass is 442 g/mol. The highest BCUT2D eigenvalue weighted by molar-refractivity contribution is 9.10. The number of aromatic hydroxyl groups is 2. The quantitative estimate of drug-likeness (QED) is 0.500. The van der Waals surface area contributed by atoms with Crippen molar-refractivity contribution in [2.45, 2.75) is 19.4 Å². The number of aliphatic imine (C=N–C) groups is 1. The van der Waals surface area contributed by atoms with E-state index in [2.05, 4.69) is 25.9 Å². The van der Waals surface area contributed by atoms with Gasteiger partial charge in [-0.3, -0.25) is 14.8 Å². The summed E-state index contributed by atoms with van der Waals surface area (Å²) in [4.78, 5) is 18.8. The molecule has 2 aromatic carbocycles. The van der Waals surface area contributed by atoms with Crippen molar-refractivity contribution in [2.75, 3.05) is 6.61 Å². The third-order valence-corrected chi connectivity index (χ3v) is 5.19. The Morgan fingerprint density at radius 2 is 2.00 bits per heavy atom. The second-order valence-electron chi connectivity index (χ2n) is 6.93. The number of phenols is 1. The van der Waals surface area contributed by atoms with Crippen LogP contribution in [0.2, 0.25) is 0 Å². The molecular formula is C21H19BrN2O4. The van der Waals surface area contributed by atoms with E-state index in [-0.39, 0.29) is 17.2 Å². The molecule has 1 aliphatic carbocycles. The highest BCUT2D eigenvalue weighted by atomic mass is 79.9. The minimum atomic E-state index is -0.358. The number of aromatic nitrogens is 1. The van der Waals surface area contributed by atoms with Crippen molar-refractivity contribution in [1.29, 1.82) is 0 Å². The molecule has 0 atom stereocenters. The molecule has 0 saturated heterocycles. The predicted octanol–water partition coefficient (Wildman–Crippen LogP) is 4.11. The van der Waals surface area contributed by atoms with Crippen LogP contribution >= 0.6 is 15.9 Å². The zero-order chi connectivity index (χ0) is 19.7. The third kappa shape index (κ3) is 4.04. The zero-order valence-corrected chi connectivity index (χ0v) is 16.6. The summed E-state index contributed by atoms with van der Waals surface area (Å²) in [5.41, 5.74) is 0.885. The van der Waals surface area contributed by atoms with Crippen LogP contribution in [-0.4, -0.2) is 28.0 Å². The van der Waals surface area contributed by atoms with Crippen LogP contribution in [0, 0.1) is 5.92 Å². The number of ether oxygens (including phenoxy) is 1. The standard InChI is InChI=1S/C21H19BrN2O4/c22-14-4-5-15-16(8-14)17(21(27)24-20(15)26)10-23-9-13-3-6-19(18(25)7-13)28-11-12-1-2-12/h3-8,10,12,25H,1-2,9,11H2,(H2,24,26,27). The predicted molar refractivity (Wildman–Crippen MR) is 112 cm³/mol. The van der Waals surface area contributed by atoms with Crippen LogP contribution in [0.5, 0.6) is 17.4 Å². The molecule has 0 unspecified atom stereocenters. The average molecular weight is 443 g/mol. The average Bonchev–Trinajstić information content (AvgIpc) is 3.48. The van der Waals surface area contributed by atoms with Crippen LogP contribution in [0.1, 0.15) is 24.0 Å². The van der Waals surface area contributed by atoms with E-state index in [1.165, 1.54) is 19.1 Å². The summed E-state index contributed by atoms with van der Waals surface area (Å²) in [7, 11) is 0. The highest BCUT2D eigenvalue weighted by Crippen LogP contribution is 2.33. The summed E-state index contributed by atoms with van der Waals surface area (Å²) in [5, 5.41) is 21.3. The number of nitrogens with zero attached hydrogens (tertiary/aromatic N) is 1. The van der Waals surface area contributed by atoms with E-state index in [0.29, 0.717) is 41.2 Å². The molecule has 1 heterocycles. The number of hydrogen-bond donors (Lipinski definition) is 3. The minimum Gasteiger partial charge on any atom is -0.504 e. The van der Waals surface area contributed by atoms with Gasteiger partial charge in [-0.05, 0) is 54.7 Å². The maximum absolute atomic E-state index is 12.0. The number of aromatic amines is 1. The Morgan fingerprint density at radius 3 is 2.75 bits per heavy atom. The van der Waals surface area contributed by atoms with Gasteiger partial charge in [0, 0.05) is 21.5 Å². The molecule has 0 bridgehead atoms. The number of phenolic OH excluding ortho intramolecular Hbond substituents is 1. The molecule has 1 fully saturated rings. The van der Waals surface area contributed by atoms with Gasteiger partial charge in [0.2, 0.25) is 5.88 Å². The number of fused-ring (bicyclic) bond motifs is 1. The maximum Gasteiger partial charge on any atom is 0.258 e. The Kier molecular flexibility index (Phi) is 5.09. The summed E-state index contributed by atoms with van der Waals surface area (Å²) in [5.74, 6) is 0.956. The lowest BCUT2D eigenvalue weighted by molar-refractivity contribution is 0.284. The van der Waals surface area contributed by atoms with Gasteiger partial charge in [0.25, 0.3) is 5.56 Å². The van der Waals surface area contributed by atoms with Gasteiger partial charge in [-0.15, -0.1) is 0 Å². The fourth-order valence-corrected chi connectivity index (χ4v) is 3.32. The van der Waals surface area contributed by atoms with Gasteiger partial charge < -0.3 is 14.9 Å². The van der Waals surface area contributed by atoms with E-state index >= 15 is 0 Å². The SMILES string of the molecule is O=c1[nH]c(O)c(C=NCc2ccc(OCC3CC3)c(O)c2)c2cc(Br)ccc12. The van der Waals surface area contributed by atoms with Crippen LogP contribution in [0.15, 0.2) is 50.7 Å². The Hall–Kier alpha value is -2.80. The molecule has 6 nitrogen and oxygen atoms in total. The van der Waals surface area contributed by atoms with Crippen LogP contribution in [0.3, 0.4) is 0 Å². The number of halogens is 1. The molecule has 7 heteroatoms. The Balaban J connectivity index is 1.54. The van der Waals surface area contributed by atoms with Gasteiger partial charge in [0.1, 0.15) is 0 Å². The van der Waals surface area contributed by atoms with E-state index in [4.69, 9.17) is 4.74 Å². The molecule has 0 spiro atoms. The van der Waals surface area contributed by atoms with Crippen molar-refractivity contribution < 1.29 is 14.9 Å². The molecule has 4 rings (SSSR count). The number of hydrogen-bond acceptors (Lipinski definition) is 5. The molecule has 1 saturated carbocycles. The smallest absolute Gasteiger partial charge is 0.258 e.